The van der Waals surface area contributed by atoms with Crippen molar-refractivity contribution in [2.45, 2.75) is 51.2 Å². The van der Waals surface area contributed by atoms with Gasteiger partial charge in [0.2, 0.25) is 0 Å². The van der Waals surface area contributed by atoms with E-state index in [4.69, 9.17) is 32.9 Å². The van der Waals surface area contributed by atoms with Gasteiger partial charge in [0, 0.05) is 30.1 Å². The molecule has 2 N–H and O–H groups in total. The van der Waals surface area contributed by atoms with Gasteiger partial charge in [0.15, 0.2) is 0 Å². The lowest BCUT2D eigenvalue weighted by Crippen LogP contribution is -2.38. The Kier molecular flexibility index (Phi) is 6.67. The summed E-state index contributed by atoms with van der Waals surface area (Å²) >= 11 is 12.2. The molecule has 158 valence electrons. The van der Waals surface area contributed by atoms with Gasteiger partial charge >= 0.3 is 0 Å². The van der Waals surface area contributed by atoms with Crippen LogP contribution in [0.5, 0.6) is 5.75 Å². The summed E-state index contributed by atoms with van der Waals surface area (Å²) < 4.78 is 5.36. The lowest BCUT2D eigenvalue weighted by molar-refractivity contribution is 0.350. The highest BCUT2D eigenvalue weighted by atomic mass is 35.5. The molecule has 0 bridgehead atoms. The van der Waals surface area contributed by atoms with Gasteiger partial charge in [0.25, 0.3) is 0 Å². The van der Waals surface area contributed by atoms with Crippen LogP contribution in [0.25, 0.3) is 10.9 Å². The molecule has 4 rings (SSSR count). The van der Waals surface area contributed by atoms with Crippen LogP contribution in [0.2, 0.25) is 10.0 Å². The molecule has 3 aromatic rings. The predicted octanol–water partition coefficient (Wildman–Crippen LogP) is 6.37. The smallest absolute Gasteiger partial charge is 0.127 e. The molecule has 4 nitrogen and oxygen atoms in total. The van der Waals surface area contributed by atoms with E-state index in [-0.39, 0.29) is 0 Å². The highest BCUT2D eigenvalue weighted by Gasteiger charge is 2.22. The molecule has 1 aliphatic carbocycles. The Morgan fingerprint density at radius 2 is 1.87 bits per heavy atom. The number of hydrogen-bond acceptors (Lipinski definition) is 4. The zero-order valence-corrected chi connectivity index (χ0v) is 18.9. The topological polar surface area (TPSA) is 46.2 Å². The molecule has 1 aromatic heterocycles. The summed E-state index contributed by atoms with van der Waals surface area (Å²) in [6.45, 7) is 2.92. The summed E-state index contributed by atoms with van der Waals surface area (Å²) in [5.41, 5.74) is 3.33. The maximum absolute atomic E-state index is 6.14. The van der Waals surface area contributed by atoms with E-state index in [0.29, 0.717) is 22.1 Å². The second kappa shape index (κ2) is 9.42. The Labute approximate surface area is 187 Å². The number of halogens is 2. The normalized spacial score (nSPS) is 19.1. The van der Waals surface area contributed by atoms with E-state index in [2.05, 4.69) is 29.7 Å². The number of anilines is 1. The number of hydrogen-bond donors (Lipinski definition) is 2. The molecule has 2 atom stereocenters. The van der Waals surface area contributed by atoms with Gasteiger partial charge in [-0.2, -0.15) is 0 Å². The zero-order valence-electron chi connectivity index (χ0n) is 17.3. The maximum Gasteiger partial charge on any atom is 0.127 e. The lowest BCUT2D eigenvalue weighted by Gasteiger charge is -2.31. The van der Waals surface area contributed by atoms with Gasteiger partial charge in [0.05, 0.1) is 22.7 Å². The molecule has 30 heavy (non-hydrogen) atoms. The van der Waals surface area contributed by atoms with Crippen LogP contribution >= 0.6 is 23.2 Å². The molecule has 0 amide bonds. The Balaban J connectivity index is 1.40. The quantitative estimate of drug-likeness (QED) is 0.464. The number of ether oxygens (including phenoxy) is 1. The van der Waals surface area contributed by atoms with Crippen molar-refractivity contribution >= 4 is 39.9 Å². The monoisotopic (exact) mass is 443 g/mol. The Morgan fingerprint density at radius 1 is 1.03 bits per heavy atom. The molecule has 1 heterocycles. The van der Waals surface area contributed by atoms with Gasteiger partial charge in [-0.3, -0.25) is 0 Å². The second-order valence-corrected chi connectivity index (χ2v) is 8.86. The average molecular weight is 444 g/mol. The van der Waals surface area contributed by atoms with Gasteiger partial charge in [-0.1, -0.05) is 29.3 Å². The van der Waals surface area contributed by atoms with Crippen LogP contribution in [0.3, 0.4) is 0 Å². The molecule has 1 fully saturated rings. The second-order valence-electron chi connectivity index (χ2n) is 8.04. The molecular weight excluding hydrogens is 417 g/mol. The van der Waals surface area contributed by atoms with Crippen molar-refractivity contribution in [1.29, 1.82) is 0 Å². The van der Waals surface area contributed by atoms with Gasteiger partial charge < -0.3 is 15.4 Å². The zero-order chi connectivity index (χ0) is 21.1. The van der Waals surface area contributed by atoms with Crippen LogP contribution in [-0.2, 0) is 6.54 Å². The highest BCUT2D eigenvalue weighted by molar-refractivity contribution is 6.42. The van der Waals surface area contributed by atoms with Crippen LogP contribution in [0, 0.1) is 6.92 Å². The highest BCUT2D eigenvalue weighted by Crippen LogP contribution is 2.27. The summed E-state index contributed by atoms with van der Waals surface area (Å²) in [7, 11) is 1.68. The molecule has 0 unspecified atom stereocenters. The van der Waals surface area contributed by atoms with E-state index in [1.165, 1.54) is 18.4 Å². The molecule has 0 spiro atoms. The van der Waals surface area contributed by atoms with E-state index < -0.39 is 0 Å². The van der Waals surface area contributed by atoms with Gasteiger partial charge in [0.1, 0.15) is 11.6 Å². The number of nitrogens with zero attached hydrogens (tertiary/aromatic N) is 1. The number of aromatic nitrogens is 1. The first-order chi connectivity index (χ1) is 14.5. The van der Waals surface area contributed by atoms with Crippen LogP contribution in [0.15, 0.2) is 42.5 Å². The molecular formula is C24H27Cl2N3O. The van der Waals surface area contributed by atoms with E-state index in [1.807, 2.05) is 30.3 Å². The fourth-order valence-corrected chi connectivity index (χ4v) is 4.53. The predicted molar refractivity (Wildman–Crippen MR) is 126 cm³/mol. The number of benzene rings is 2. The summed E-state index contributed by atoms with van der Waals surface area (Å²) in [6.07, 6.45) is 4.60. The molecule has 1 saturated carbocycles. The molecule has 0 radical (unpaired) electrons. The fourth-order valence-electron chi connectivity index (χ4n) is 4.21. The third-order valence-electron chi connectivity index (χ3n) is 5.83. The Morgan fingerprint density at radius 3 is 2.67 bits per heavy atom. The van der Waals surface area contributed by atoms with Gasteiger partial charge in [-0.25, -0.2) is 4.98 Å². The summed E-state index contributed by atoms with van der Waals surface area (Å²) in [4.78, 5) is 4.84. The number of fused-ring (bicyclic) bond motifs is 1. The van der Waals surface area contributed by atoms with Crippen molar-refractivity contribution in [3.8, 4) is 5.75 Å². The van der Waals surface area contributed by atoms with Crippen LogP contribution in [0.1, 0.15) is 36.8 Å². The van der Waals surface area contributed by atoms with Gasteiger partial charge in [-0.05, 0) is 74.1 Å². The number of rotatable bonds is 6. The van der Waals surface area contributed by atoms with Crippen LogP contribution in [0.4, 0.5) is 5.82 Å². The van der Waals surface area contributed by atoms with Crippen molar-refractivity contribution < 1.29 is 4.74 Å². The molecule has 2 aromatic carbocycles. The number of aryl methyl sites for hydroxylation is 1. The Hall–Kier alpha value is -2.01. The summed E-state index contributed by atoms with van der Waals surface area (Å²) in [5, 5.41) is 9.70. The summed E-state index contributed by atoms with van der Waals surface area (Å²) in [5.74, 6) is 1.76. The number of nitrogens with one attached hydrogen (secondary N) is 2. The third-order valence-corrected chi connectivity index (χ3v) is 6.57. The fraction of sp³-hybridized carbons (Fsp3) is 0.375. The van der Waals surface area contributed by atoms with E-state index in [9.17, 15) is 0 Å². The first-order valence-electron chi connectivity index (χ1n) is 10.4. The average Bonchev–Trinajstić information content (AvgIpc) is 2.74. The first-order valence-corrected chi connectivity index (χ1v) is 11.2. The van der Waals surface area contributed by atoms with E-state index >= 15 is 0 Å². The molecule has 0 aliphatic heterocycles. The Bertz CT molecular complexity index is 1040. The minimum atomic E-state index is 0.403. The van der Waals surface area contributed by atoms with Gasteiger partial charge in [-0.15, -0.1) is 0 Å². The molecule has 6 heteroatoms. The van der Waals surface area contributed by atoms with Crippen LogP contribution in [-0.4, -0.2) is 24.2 Å². The van der Waals surface area contributed by atoms with Crippen LogP contribution < -0.4 is 15.4 Å². The first kappa shape index (κ1) is 21.2. The van der Waals surface area contributed by atoms with Crippen molar-refractivity contribution in [2.24, 2.45) is 0 Å². The lowest BCUT2D eigenvalue weighted by atomic mass is 9.90. The van der Waals surface area contributed by atoms with Crippen molar-refractivity contribution in [2.75, 3.05) is 12.4 Å². The number of pyridine rings is 1. The standard InChI is InChI=1S/C24H27Cl2N3O/c1-15-10-24(29-23-13-19(30-2)7-8-20(15)23)28-18-5-3-4-17(12-18)27-14-16-6-9-21(25)22(26)11-16/h6-11,13,17-18,27H,3-5,12,14H2,1-2H3,(H,28,29)/t17-,18-/m0/s1. The minimum absolute atomic E-state index is 0.403. The van der Waals surface area contributed by atoms with Crippen molar-refractivity contribution in [3.63, 3.8) is 0 Å². The molecule has 0 saturated heterocycles. The minimum Gasteiger partial charge on any atom is -0.497 e. The SMILES string of the molecule is COc1ccc2c(C)cc(N[C@H]3CCC[C@H](NCc4ccc(Cl)c(Cl)c4)C3)nc2c1. The maximum atomic E-state index is 6.14. The summed E-state index contributed by atoms with van der Waals surface area (Å²) in [6, 6.07) is 14.9. The molecule has 1 aliphatic rings. The number of methoxy groups -OCH3 is 1. The van der Waals surface area contributed by atoms with E-state index in [1.54, 1.807) is 7.11 Å². The van der Waals surface area contributed by atoms with Crippen molar-refractivity contribution in [1.82, 2.24) is 10.3 Å². The van der Waals surface area contributed by atoms with E-state index in [0.717, 1.165) is 47.4 Å². The largest absolute Gasteiger partial charge is 0.497 e. The third kappa shape index (κ3) is 5.00. The van der Waals surface area contributed by atoms with Crippen molar-refractivity contribution in [3.05, 3.63) is 63.6 Å².